The monoisotopic (exact) mass is 411 g/mol. The first-order chi connectivity index (χ1) is 14.5. The topological polar surface area (TPSA) is 115 Å². The first-order valence-corrected chi connectivity index (χ1v) is 10.6. The highest BCUT2D eigenvalue weighted by Crippen LogP contribution is 2.46. The highest BCUT2D eigenvalue weighted by Gasteiger charge is 2.55. The highest BCUT2D eigenvalue weighted by molar-refractivity contribution is 6.07. The molecule has 1 heterocycles. The van der Waals surface area contributed by atoms with Gasteiger partial charge in [-0.15, -0.1) is 0 Å². The van der Waals surface area contributed by atoms with Crippen LogP contribution >= 0.6 is 0 Å². The molecule has 2 amide bonds. The smallest absolute Gasteiger partial charge is 0.236 e. The van der Waals surface area contributed by atoms with Gasteiger partial charge in [-0.3, -0.25) is 14.4 Å². The summed E-state index contributed by atoms with van der Waals surface area (Å²) < 4.78 is 5.94. The minimum absolute atomic E-state index is 0.261. The lowest BCUT2D eigenvalue weighted by Crippen LogP contribution is -2.42. The van der Waals surface area contributed by atoms with E-state index in [-0.39, 0.29) is 11.7 Å². The average Bonchev–Trinajstić information content (AvgIpc) is 3.44. The average molecular weight is 412 g/mol. The van der Waals surface area contributed by atoms with Crippen molar-refractivity contribution in [2.24, 2.45) is 11.1 Å². The quantitative estimate of drug-likeness (QED) is 0.408. The summed E-state index contributed by atoms with van der Waals surface area (Å²) in [7, 11) is 0. The second-order valence-electron chi connectivity index (χ2n) is 7.89. The molecule has 1 aromatic carbocycles. The molecular weight excluding hydrogens is 382 g/mol. The molecule has 0 spiro atoms. The first-order valence-electron chi connectivity index (χ1n) is 10.6. The molecule has 0 saturated heterocycles. The van der Waals surface area contributed by atoms with Gasteiger partial charge in [-0.1, -0.05) is 50.1 Å². The SMILES string of the molecule is CCC(=O)CCCCCC(NC(=O)C1(C(N)=O)CC1)c1ncc(-c2ccccc2)o1. The molecule has 7 heteroatoms. The Bertz CT molecular complexity index is 887. The van der Waals surface area contributed by atoms with Crippen molar-refractivity contribution in [2.45, 2.75) is 64.3 Å². The Morgan fingerprint density at radius 3 is 2.53 bits per heavy atom. The Hall–Kier alpha value is -2.96. The van der Waals surface area contributed by atoms with Gasteiger partial charge in [0.2, 0.25) is 17.7 Å². The number of benzene rings is 1. The van der Waals surface area contributed by atoms with Crippen LogP contribution in [0.5, 0.6) is 0 Å². The Labute approximate surface area is 176 Å². The van der Waals surface area contributed by atoms with Crippen molar-refractivity contribution in [2.75, 3.05) is 0 Å². The van der Waals surface area contributed by atoms with Crippen molar-refractivity contribution in [3.8, 4) is 11.3 Å². The lowest BCUT2D eigenvalue weighted by atomic mass is 10.0. The molecule has 160 valence electrons. The minimum Gasteiger partial charge on any atom is -0.438 e. The van der Waals surface area contributed by atoms with Gasteiger partial charge in [-0.25, -0.2) is 4.98 Å². The maximum Gasteiger partial charge on any atom is 0.236 e. The number of ketones is 1. The predicted molar refractivity (Wildman–Crippen MR) is 112 cm³/mol. The van der Waals surface area contributed by atoms with Crippen LogP contribution in [0.15, 0.2) is 40.9 Å². The van der Waals surface area contributed by atoms with Gasteiger partial charge >= 0.3 is 0 Å². The Kier molecular flexibility index (Phi) is 7.03. The van der Waals surface area contributed by atoms with Gasteiger partial charge in [0, 0.05) is 18.4 Å². The molecule has 1 unspecified atom stereocenters. The normalized spacial score (nSPS) is 15.4. The third-order valence-electron chi connectivity index (χ3n) is 5.68. The summed E-state index contributed by atoms with van der Waals surface area (Å²) >= 11 is 0. The number of rotatable bonds is 12. The van der Waals surface area contributed by atoms with E-state index in [4.69, 9.17) is 10.2 Å². The van der Waals surface area contributed by atoms with Crippen LogP contribution in [0.1, 0.15) is 70.2 Å². The van der Waals surface area contributed by atoms with Gasteiger partial charge in [-0.2, -0.15) is 0 Å². The van der Waals surface area contributed by atoms with Gasteiger partial charge in [0.15, 0.2) is 5.76 Å². The number of carbonyl (C=O) groups is 3. The van der Waals surface area contributed by atoms with Gasteiger partial charge in [-0.05, 0) is 25.7 Å². The number of nitrogens with one attached hydrogen (secondary N) is 1. The van der Waals surface area contributed by atoms with Crippen LogP contribution in [0.3, 0.4) is 0 Å². The molecular formula is C23H29N3O4. The van der Waals surface area contributed by atoms with Gasteiger partial charge in [0.05, 0.1) is 6.20 Å². The number of nitrogens with zero attached hydrogens (tertiary/aromatic N) is 1. The number of nitrogens with two attached hydrogens (primary N) is 1. The number of hydrogen-bond acceptors (Lipinski definition) is 5. The lowest BCUT2D eigenvalue weighted by molar-refractivity contribution is -0.136. The van der Waals surface area contributed by atoms with Crippen LogP contribution < -0.4 is 11.1 Å². The third kappa shape index (κ3) is 5.14. The number of aromatic nitrogens is 1. The molecule has 1 atom stereocenters. The summed E-state index contributed by atoms with van der Waals surface area (Å²) in [6, 6.07) is 9.15. The summed E-state index contributed by atoms with van der Waals surface area (Å²) in [5.41, 5.74) is 5.24. The van der Waals surface area contributed by atoms with Crippen LogP contribution in [-0.4, -0.2) is 22.6 Å². The van der Waals surface area contributed by atoms with Crippen LogP contribution in [0.2, 0.25) is 0 Å². The number of unbranched alkanes of at least 4 members (excludes halogenated alkanes) is 2. The molecule has 3 N–H and O–H groups in total. The van der Waals surface area contributed by atoms with Crippen LogP contribution in [0.25, 0.3) is 11.3 Å². The molecule has 1 fully saturated rings. The number of hydrogen-bond donors (Lipinski definition) is 2. The van der Waals surface area contributed by atoms with Crippen LogP contribution in [0.4, 0.5) is 0 Å². The number of amides is 2. The highest BCUT2D eigenvalue weighted by atomic mass is 16.4. The van der Waals surface area contributed by atoms with Gasteiger partial charge in [0.25, 0.3) is 0 Å². The minimum atomic E-state index is -1.10. The Morgan fingerprint density at radius 2 is 1.90 bits per heavy atom. The summed E-state index contributed by atoms with van der Waals surface area (Å²) in [4.78, 5) is 40.3. The largest absolute Gasteiger partial charge is 0.438 e. The fourth-order valence-corrected chi connectivity index (χ4v) is 3.47. The molecule has 0 radical (unpaired) electrons. The number of oxazole rings is 1. The van der Waals surface area contributed by atoms with E-state index < -0.39 is 17.4 Å². The van der Waals surface area contributed by atoms with E-state index in [2.05, 4.69) is 10.3 Å². The van der Waals surface area contributed by atoms with Crippen LogP contribution in [-0.2, 0) is 14.4 Å². The molecule has 1 aromatic heterocycles. The van der Waals surface area contributed by atoms with Crippen molar-refractivity contribution in [3.63, 3.8) is 0 Å². The zero-order chi connectivity index (χ0) is 21.6. The van der Waals surface area contributed by atoms with Crippen molar-refractivity contribution in [3.05, 3.63) is 42.4 Å². The summed E-state index contributed by atoms with van der Waals surface area (Å²) in [6.45, 7) is 1.87. The lowest BCUT2D eigenvalue weighted by Gasteiger charge is -2.19. The Balaban J connectivity index is 1.68. The molecule has 7 nitrogen and oxygen atoms in total. The number of carbonyl (C=O) groups excluding carboxylic acids is 3. The number of Topliss-reactive ketones (excluding diaryl/α,β-unsaturated/α-hetero) is 1. The standard InChI is InChI=1S/C23H29N3O4/c1-2-17(27)11-7-4-8-12-18(26-22(29)23(13-14-23)21(24)28)20-25-15-19(30-20)16-9-5-3-6-10-16/h3,5-6,9-10,15,18H,2,4,7-8,11-14H2,1H3,(H2,24,28)(H,26,29). The zero-order valence-electron chi connectivity index (χ0n) is 17.4. The molecule has 1 saturated carbocycles. The summed E-state index contributed by atoms with van der Waals surface area (Å²) in [6.07, 6.45) is 6.82. The predicted octanol–water partition coefficient (Wildman–Crippen LogP) is 3.69. The van der Waals surface area contributed by atoms with Crippen LogP contribution in [0, 0.1) is 5.41 Å². The summed E-state index contributed by atoms with van der Waals surface area (Å²) in [5, 5.41) is 2.93. The molecule has 0 aliphatic heterocycles. The molecule has 3 rings (SSSR count). The fourth-order valence-electron chi connectivity index (χ4n) is 3.47. The second-order valence-corrected chi connectivity index (χ2v) is 7.89. The molecule has 2 aromatic rings. The van der Waals surface area contributed by atoms with Crippen molar-refractivity contribution < 1.29 is 18.8 Å². The molecule has 1 aliphatic carbocycles. The van der Waals surface area contributed by atoms with Crippen molar-refractivity contribution in [1.29, 1.82) is 0 Å². The van der Waals surface area contributed by atoms with Crippen molar-refractivity contribution in [1.82, 2.24) is 10.3 Å². The second kappa shape index (κ2) is 9.69. The van der Waals surface area contributed by atoms with Gasteiger partial charge in [0.1, 0.15) is 17.2 Å². The molecule has 0 bridgehead atoms. The van der Waals surface area contributed by atoms with E-state index in [0.717, 1.165) is 24.8 Å². The van der Waals surface area contributed by atoms with E-state index in [1.165, 1.54) is 0 Å². The van der Waals surface area contributed by atoms with E-state index in [0.29, 0.717) is 43.8 Å². The Morgan fingerprint density at radius 1 is 1.17 bits per heavy atom. The summed E-state index contributed by atoms with van der Waals surface area (Å²) in [5.74, 6) is 0.341. The maximum atomic E-state index is 12.7. The maximum absolute atomic E-state index is 12.7. The van der Waals surface area contributed by atoms with E-state index in [9.17, 15) is 14.4 Å². The third-order valence-corrected chi connectivity index (χ3v) is 5.68. The molecule has 1 aliphatic rings. The fraction of sp³-hybridized carbons (Fsp3) is 0.478. The van der Waals surface area contributed by atoms with Crippen molar-refractivity contribution >= 4 is 17.6 Å². The van der Waals surface area contributed by atoms with E-state index >= 15 is 0 Å². The molecule has 30 heavy (non-hydrogen) atoms. The van der Waals surface area contributed by atoms with E-state index in [1.54, 1.807) is 6.20 Å². The first kappa shape index (κ1) is 21.7. The van der Waals surface area contributed by atoms with Gasteiger partial charge < -0.3 is 15.5 Å². The number of primary amides is 1. The zero-order valence-corrected chi connectivity index (χ0v) is 17.4. The van der Waals surface area contributed by atoms with E-state index in [1.807, 2.05) is 37.3 Å².